The summed E-state index contributed by atoms with van der Waals surface area (Å²) >= 11 is 0. The van der Waals surface area contributed by atoms with Gasteiger partial charge in [0.05, 0.1) is 117 Å². The second-order valence-corrected chi connectivity index (χ2v) is 28.1. The number of amides is 5. The van der Waals surface area contributed by atoms with Gasteiger partial charge in [0.1, 0.15) is 43.7 Å². The number of carboxylic acid groups (broad SMARTS) is 4. The fraction of sp³-hybridized carbons (Fsp3) is 0.533. The number of hydrogen-bond acceptors (Lipinski definition) is 28. The van der Waals surface area contributed by atoms with Crippen molar-refractivity contribution in [2.24, 2.45) is 11.8 Å². The van der Waals surface area contributed by atoms with Gasteiger partial charge in [0, 0.05) is 132 Å². The third-order valence-corrected chi connectivity index (χ3v) is 19.0. The molecule has 0 saturated heterocycles. The van der Waals surface area contributed by atoms with Crippen molar-refractivity contribution >= 4 is 90.4 Å². The van der Waals surface area contributed by atoms with Gasteiger partial charge in [-0.1, -0.05) is 54.1 Å². The Bertz CT molecular complexity index is 3840. The van der Waals surface area contributed by atoms with E-state index >= 15 is 0 Å². The first kappa shape index (κ1) is 94.6. The van der Waals surface area contributed by atoms with Crippen LogP contribution in [0.5, 0.6) is 0 Å². The van der Waals surface area contributed by atoms with E-state index in [0.29, 0.717) is 55.7 Å². The Morgan fingerprint density at radius 2 is 1.00 bits per heavy atom. The minimum absolute atomic E-state index is 0.0656. The Hall–Kier alpha value is -11.0. The maximum atomic E-state index is 14.2. The van der Waals surface area contributed by atoms with Crippen LogP contribution in [0.15, 0.2) is 98.1 Å². The predicted octanol–water partition coefficient (Wildman–Crippen LogP) is 3.18. The minimum atomic E-state index is -4.51. The number of aromatic nitrogens is 3. The Morgan fingerprint density at radius 3 is 1.57 bits per heavy atom. The van der Waals surface area contributed by atoms with E-state index in [0.717, 1.165) is 16.8 Å². The molecule has 2 aliphatic rings. The molecule has 40 heteroatoms. The summed E-state index contributed by atoms with van der Waals surface area (Å²) in [6.45, 7) is 2.01. The second-order valence-electron chi connectivity index (χ2n) is 26.2. The van der Waals surface area contributed by atoms with Crippen LogP contribution in [0.2, 0.25) is 0 Å². The van der Waals surface area contributed by atoms with Crippen molar-refractivity contribution < 1.29 is 130 Å². The number of ketones is 1. The van der Waals surface area contributed by atoms with Crippen molar-refractivity contribution in [3.05, 3.63) is 104 Å². The minimum Gasteiger partial charge on any atom is -0.481 e. The number of unbranched alkanes of at least 4 members (excludes halogenated alkanes) is 2. The van der Waals surface area contributed by atoms with E-state index in [1.165, 1.54) is 60.8 Å². The van der Waals surface area contributed by atoms with Gasteiger partial charge in [-0.15, -0.1) is 5.10 Å². The maximum Gasteiger partial charge on any atom is 0.328 e. The monoisotopic (exact) mass is 1640 g/mol. The number of Topliss-reactive ketones (excluding diaryl/α,β-unsaturated/α-hetero) is 1. The van der Waals surface area contributed by atoms with Crippen LogP contribution in [-0.2, 0) is 118 Å². The molecule has 2 aromatic carbocycles. The van der Waals surface area contributed by atoms with Gasteiger partial charge in [-0.05, 0) is 56.6 Å². The van der Waals surface area contributed by atoms with Crippen LogP contribution >= 0.6 is 7.60 Å². The fourth-order valence-electron chi connectivity index (χ4n) is 11.3. The number of anilines is 1. The van der Waals surface area contributed by atoms with E-state index in [-0.39, 0.29) is 179 Å². The lowest BCUT2D eigenvalue weighted by molar-refractivity contribution is -0.145. The molecule has 39 nitrogen and oxygen atoms in total. The van der Waals surface area contributed by atoms with Gasteiger partial charge in [0.2, 0.25) is 29.5 Å². The molecule has 5 amide bonds. The number of aliphatic carboxylic acids is 4. The first-order valence-corrected chi connectivity index (χ1v) is 39.1. The zero-order chi connectivity index (χ0) is 83.9. The van der Waals surface area contributed by atoms with Crippen LogP contribution in [0.1, 0.15) is 102 Å². The molecule has 5 rings (SSSR count). The summed E-state index contributed by atoms with van der Waals surface area (Å²) in [6.07, 6.45) is 11.0. The number of carbonyl (C=O) groups is 13. The van der Waals surface area contributed by atoms with Crippen LogP contribution in [-0.4, -0.2) is 276 Å². The van der Waals surface area contributed by atoms with Gasteiger partial charge in [0.25, 0.3) is 0 Å². The predicted molar refractivity (Wildman–Crippen MR) is 408 cm³/mol. The third kappa shape index (κ3) is 37.3. The van der Waals surface area contributed by atoms with E-state index in [9.17, 15) is 87.1 Å². The van der Waals surface area contributed by atoms with Gasteiger partial charge < -0.3 is 109 Å². The average molecular weight is 1640 g/mol. The van der Waals surface area contributed by atoms with Crippen LogP contribution in [0.25, 0.3) is 22.5 Å². The molecule has 2 unspecified atom stereocenters. The number of hydrogen-bond donors (Lipinski definition) is 9. The molecule has 2 aliphatic heterocycles. The largest absolute Gasteiger partial charge is 0.481 e. The van der Waals surface area contributed by atoms with Gasteiger partial charge in [-0.2, -0.15) is 0 Å². The SMILES string of the molecule is COC(=O)CN1C=CN(CC(=O)NCCCn2nnc3c2-c2ccccc2CN(C(=O)CCC(=O)NCCOCCOCCOCCOCCC(=O)NCCCCCC(=O)C[C@@H](CCC(=O)N[C@@H](CCCOP(=O)(O)CC(CCC(=O)O)C(=O)O)C(=O)O)C(=O)O)c2ccccc2-3)C=CN(CC(=O)OC)C=CN(CC(=O)OC)C=C1. The molecule has 0 saturated carbocycles. The zero-order valence-electron chi connectivity index (χ0n) is 64.8. The van der Waals surface area contributed by atoms with Crippen molar-refractivity contribution in [1.29, 1.82) is 0 Å². The maximum absolute atomic E-state index is 14.2. The molecule has 632 valence electrons. The van der Waals surface area contributed by atoms with E-state index in [1.807, 2.05) is 48.5 Å². The fourth-order valence-corrected chi connectivity index (χ4v) is 12.7. The van der Waals surface area contributed by atoms with Gasteiger partial charge in [-0.3, -0.25) is 62.1 Å². The highest BCUT2D eigenvalue weighted by molar-refractivity contribution is 7.52. The number of benzene rings is 2. The highest BCUT2D eigenvalue weighted by Crippen LogP contribution is 2.45. The number of fused-ring (bicyclic) bond motifs is 5. The van der Waals surface area contributed by atoms with Crippen LogP contribution < -0.4 is 26.2 Å². The topological polar surface area (TPSA) is 509 Å². The quantitative estimate of drug-likeness (QED) is 0.0170. The molecule has 0 fully saturated rings. The van der Waals surface area contributed by atoms with Crippen molar-refractivity contribution in [1.82, 2.24) is 55.9 Å². The van der Waals surface area contributed by atoms with Crippen molar-refractivity contribution in [3.63, 3.8) is 0 Å². The summed E-state index contributed by atoms with van der Waals surface area (Å²) in [5, 5.41) is 57.3. The van der Waals surface area contributed by atoms with Crippen molar-refractivity contribution in [2.45, 2.75) is 115 Å². The number of esters is 3. The summed E-state index contributed by atoms with van der Waals surface area (Å²) in [6, 6.07) is 13.5. The highest BCUT2D eigenvalue weighted by atomic mass is 31.2. The number of rotatable bonds is 55. The number of carboxylic acids is 4. The van der Waals surface area contributed by atoms with Crippen LogP contribution in [0.3, 0.4) is 0 Å². The molecular weight excluding hydrogens is 1530 g/mol. The summed E-state index contributed by atoms with van der Waals surface area (Å²) in [5.41, 5.74) is 4.13. The number of methoxy groups -OCH3 is 3. The molecule has 0 spiro atoms. The first-order chi connectivity index (χ1) is 55.2. The Labute approximate surface area is 664 Å². The third-order valence-electron chi connectivity index (χ3n) is 17.5. The molecule has 115 heavy (non-hydrogen) atoms. The van der Waals surface area contributed by atoms with E-state index < -0.39 is 105 Å². The Balaban J connectivity index is 0.910. The number of aryl methyl sites for hydroxylation is 1. The van der Waals surface area contributed by atoms with Crippen LogP contribution in [0.4, 0.5) is 5.69 Å². The van der Waals surface area contributed by atoms with Gasteiger partial charge in [0.15, 0.2) is 0 Å². The molecule has 0 aliphatic carbocycles. The zero-order valence-corrected chi connectivity index (χ0v) is 65.6. The average Bonchev–Trinajstić information content (AvgIpc) is 1.66. The van der Waals surface area contributed by atoms with E-state index in [2.05, 4.69) is 31.6 Å². The number of nitrogens with one attached hydrogen (secondary N) is 4. The number of nitrogens with zero attached hydrogens (tertiary/aromatic N) is 8. The van der Waals surface area contributed by atoms with Crippen LogP contribution in [0, 0.1) is 11.8 Å². The summed E-state index contributed by atoms with van der Waals surface area (Å²) in [4.78, 5) is 179. The van der Waals surface area contributed by atoms with Crippen molar-refractivity contribution in [3.8, 4) is 22.5 Å². The first-order valence-electron chi connectivity index (χ1n) is 37.4. The summed E-state index contributed by atoms with van der Waals surface area (Å²) < 4.78 is 55.8. The van der Waals surface area contributed by atoms with E-state index in [4.69, 9.17) is 42.8 Å². The molecule has 0 bridgehead atoms. The molecule has 3 heterocycles. The lowest BCUT2D eigenvalue weighted by Gasteiger charge is -2.28. The van der Waals surface area contributed by atoms with E-state index in [1.54, 1.807) is 39.3 Å². The normalized spacial score (nSPS) is 13.8. The van der Waals surface area contributed by atoms with Gasteiger partial charge >= 0.3 is 49.4 Å². The molecule has 3 aromatic rings. The second kappa shape index (κ2) is 52.4. The summed E-state index contributed by atoms with van der Waals surface area (Å²) in [5.74, 6) is -12.3. The standard InChI is InChI=1S/C75H105N12O27P/c1-107-68(96)50-83-32-30-82(31-33-84(51-69(97)108-2)35-37-85(36-34-83)52-70(98)109-3)49-65(92)77-27-12-29-87-72-58-15-7-6-13-55(58)48-86(61-18-9-8-16-59(61)71(72)80-81-87)66(93)23-22-62(89)78-28-40-111-42-44-113-46-45-112-43-41-110-39-25-63(90)76-26-10-4-5-14-57(88)47-54(73(99)100)19-21-64(91)79-60(75(103)104)17-11-38-114-115(105,106)53-56(74(101)102)20-24-67(94)95/h6-9,13,15-16,18,30-37,54,56,60H,4-5,10-12,14,17,19-29,38-53H2,1-3H3,(H,76,90)(H,77,92)(H,78,89)(H,79,91)(H,94,95)(H,99,100)(H,101,102)(H,103,104)(H,105,106)/t54-,56?,60+/m1/s1. The van der Waals surface area contributed by atoms with Gasteiger partial charge in [-0.25, -0.2) is 9.48 Å². The smallest absolute Gasteiger partial charge is 0.328 e. The highest BCUT2D eigenvalue weighted by Gasteiger charge is 2.33. The molecule has 4 atom stereocenters. The molecule has 9 N–H and O–H groups in total. The Kier molecular flexibility index (Phi) is 43.1. The number of para-hydroxylation sites is 1. The number of carbonyl (C=O) groups excluding carboxylic acids is 9. The lowest BCUT2D eigenvalue weighted by atomic mass is 9.94. The molecule has 0 radical (unpaired) electrons. The Morgan fingerprint density at radius 1 is 0.487 bits per heavy atom. The van der Waals surface area contributed by atoms with Crippen molar-refractivity contribution in [2.75, 3.05) is 138 Å². The summed E-state index contributed by atoms with van der Waals surface area (Å²) in [7, 11) is -0.758. The lowest BCUT2D eigenvalue weighted by Crippen LogP contribution is -2.41. The molecule has 1 aromatic heterocycles. The number of ether oxygens (including phenoxy) is 7. The molecular formula is C75H105N12O27P.